The maximum atomic E-state index is 11.8. The van der Waals surface area contributed by atoms with Crippen LogP contribution in [-0.4, -0.2) is 21.4 Å². The number of imidazole rings is 1. The lowest BCUT2D eigenvalue weighted by atomic mass is 10.3. The zero-order valence-electron chi connectivity index (χ0n) is 10.1. The van der Waals surface area contributed by atoms with Crippen LogP contribution in [0.1, 0.15) is 6.42 Å². The monoisotopic (exact) mass is 257 g/mol. The third-order valence-corrected chi connectivity index (χ3v) is 2.94. The summed E-state index contributed by atoms with van der Waals surface area (Å²) in [5.41, 5.74) is 1.66. The standard InChI is InChI=1S/C13H11N3O3/c1-2-12(18)19-16-11(17)7-8-15-10-6-4-3-5-9(10)14-13(15)16/h2-6H,1,7-8H2. The molecule has 1 aliphatic heterocycles. The minimum Gasteiger partial charge on any atom is -0.325 e. The van der Waals surface area contributed by atoms with Gasteiger partial charge in [-0.3, -0.25) is 4.79 Å². The summed E-state index contributed by atoms with van der Waals surface area (Å²) in [5.74, 6) is -0.653. The zero-order valence-corrected chi connectivity index (χ0v) is 10.1. The topological polar surface area (TPSA) is 64.4 Å². The third kappa shape index (κ3) is 1.77. The van der Waals surface area contributed by atoms with Crippen LogP contribution in [0.25, 0.3) is 11.0 Å². The summed E-state index contributed by atoms with van der Waals surface area (Å²) in [4.78, 5) is 32.4. The summed E-state index contributed by atoms with van der Waals surface area (Å²) in [7, 11) is 0. The Hall–Kier alpha value is -2.63. The summed E-state index contributed by atoms with van der Waals surface area (Å²) < 4.78 is 1.85. The normalized spacial score (nSPS) is 14.3. The van der Waals surface area contributed by atoms with Crippen molar-refractivity contribution in [1.82, 2.24) is 9.55 Å². The minimum absolute atomic E-state index is 0.262. The largest absolute Gasteiger partial charge is 0.356 e. The molecule has 0 saturated carbocycles. The number of carbonyl (C=O) groups excluding carboxylic acids is 2. The van der Waals surface area contributed by atoms with Crippen LogP contribution in [0.3, 0.4) is 0 Å². The molecule has 0 bridgehead atoms. The van der Waals surface area contributed by atoms with Crippen LogP contribution in [0.2, 0.25) is 0 Å². The van der Waals surface area contributed by atoms with Crippen LogP contribution in [-0.2, 0) is 21.0 Å². The molecule has 2 aromatic rings. The number of carbonyl (C=O) groups is 2. The average Bonchev–Trinajstić information content (AvgIpc) is 2.80. The molecule has 6 heteroatoms. The van der Waals surface area contributed by atoms with Gasteiger partial charge in [0, 0.05) is 19.0 Å². The van der Waals surface area contributed by atoms with E-state index < -0.39 is 5.97 Å². The molecule has 2 heterocycles. The van der Waals surface area contributed by atoms with Crippen LogP contribution in [0, 0.1) is 0 Å². The maximum absolute atomic E-state index is 11.8. The molecule has 0 N–H and O–H groups in total. The summed E-state index contributed by atoms with van der Waals surface area (Å²) in [6.07, 6.45) is 1.27. The van der Waals surface area contributed by atoms with Crippen molar-refractivity contribution in [3.63, 3.8) is 0 Å². The van der Waals surface area contributed by atoms with Crippen LogP contribution in [0.15, 0.2) is 36.9 Å². The lowest BCUT2D eigenvalue weighted by Gasteiger charge is -2.24. The number of aryl methyl sites for hydroxylation is 1. The number of amides is 1. The fourth-order valence-corrected chi connectivity index (χ4v) is 2.08. The van der Waals surface area contributed by atoms with Gasteiger partial charge in [0.05, 0.1) is 11.0 Å². The van der Waals surface area contributed by atoms with Gasteiger partial charge in [-0.2, -0.15) is 0 Å². The van der Waals surface area contributed by atoms with Crippen LogP contribution in [0.5, 0.6) is 0 Å². The van der Waals surface area contributed by atoms with Crippen molar-refractivity contribution in [2.45, 2.75) is 13.0 Å². The van der Waals surface area contributed by atoms with Crippen molar-refractivity contribution >= 4 is 28.9 Å². The third-order valence-electron chi connectivity index (χ3n) is 2.94. The highest BCUT2D eigenvalue weighted by Gasteiger charge is 2.30. The minimum atomic E-state index is -0.686. The lowest BCUT2D eigenvalue weighted by Crippen LogP contribution is -2.39. The molecular formula is C13H11N3O3. The number of benzene rings is 1. The van der Waals surface area contributed by atoms with Crippen LogP contribution < -0.4 is 5.06 Å². The Morgan fingerprint density at radius 2 is 2.21 bits per heavy atom. The van der Waals surface area contributed by atoms with Gasteiger partial charge in [-0.15, -0.1) is 5.06 Å². The molecule has 0 radical (unpaired) electrons. The van der Waals surface area contributed by atoms with E-state index in [0.717, 1.165) is 22.2 Å². The van der Waals surface area contributed by atoms with Crippen LogP contribution in [0.4, 0.5) is 5.95 Å². The molecule has 0 saturated heterocycles. The number of nitrogens with zero attached hydrogens (tertiary/aromatic N) is 3. The molecule has 0 atom stereocenters. The van der Waals surface area contributed by atoms with Crippen LogP contribution >= 0.6 is 0 Å². The number of fused-ring (bicyclic) bond motifs is 3. The van der Waals surface area contributed by atoms with E-state index in [1.54, 1.807) is 0 Å². The predicted molar refractivity (Wildman–Crippen MR) is 68.1 cm³/mol. The van der Waals surface area contributed by atoms with Gasteiger partial charge in [0.1, 0.15) is 0 Å². The second-order valence-electron chi connectivity index (χ2n) is 4.10. The average molecular weight is 257 g/mol. The zero-order chi connectivity index (χ0) is 13.4. The molecule has 19 heavy (non-hydrogen) atoms. The Balaban J connectivity index is 2.11. The van der Waals surface area contributed by atoms with E-state index in [4.69, 9.17) is 4.84 Å². The number of hydrogen-bond acceptors (Lipinski definition) is 4. The van der Waals surface area contributed by atoms with Gasteiger partial charge in [0.2, 0.25) is 5.95 Å². The van der Waals surface area contributed by atoms with E-state index in [2.05, 4.69) is 11.6 Å². The van der Waals surface area contributed by atoms with E-state index in [9.17, 15) is 9.59 Å². The number of hydroxylamine groups is 1. The SMILES string of the molecule is C=CC(=O)ON1C(=O)CCn2c1nc1ccccc12. The maximum Gasteiger partial charge on any atom is 0.356 e. The first-order valence-electron chi connectivity index (χ1n) is 5.83. The summed E-state index contributed by atoms with van der Waals surface area (Å²) >= 11 is 0. The van der Waals surface area contributed by atoms with Gasteiger partial charge in [0.25, 0.3) is 5.91 Å². The molecule has 0 spiro atoms. The van der Waals surface area contributed by atoms with Gasteiger partial charge in [-0.1, -0.05) is 18.7 Å². The van der Waals surface area contributed by atoms with Gasteiger partial charge in [-0.05, 0) is 12.1 Å². The number of anilines is 1. The Morgan fingerprint density at radius 3 is 3.00 bits per heavy atom. The first-order chi connectivity index (χ1) is 9.20. The molecule has 1 aromatic carbocycles. The molecule has 96 valence electrons. The van der Waals surface area contributed by atoms with E-state index in [0.29, 0.717) is 12.5 Å². The van der Waals surface area contributed by atoms with Crippen molar-refractivity contribution < 1.29 is 14.4 Å². The fraction of sp³-hybridized carbons (Fsp3) is 0.154. The molecule has 6 nitrogen and oxygen atoms in total. The smallest absolute Gasteiger partial charge is 0.325 e. The Bertz CT molecular complexity index is 689. The summed E-state index contributed by atoms with van der Waals surface area (Å²) in [5, 5.41) is 0.938. The fourth-order valence-electron chi connectivity index (χ4n) is 2.08. The Labute approximate surface area is 108 Å². The molecule has 1 aromatic heterocycles. The molecule has 3 rings (SSSR count). The number of rotatable bonds is 2. The summed E-state index contributed by atoms with van der Waals surface area (Å²) in [6, 6.07) is 7.52. The van der Waals surface area contributed by atoms with Crippen molar-refractivity contribution in [1.29, 1.82) is 0 Å². The van der Waals surface area contributed by atoms with Gasteiger partial charge < -0.3 is 9.40 Å². The van der Waals surface area contributed by atoms with Crippen molar-refractivity contribution in [2.24, 2.45) is 0 Å². The molecule has 1 aliphatic rings. The number of para-hydroxylation sites is 2. The van der Waals surface area contributed by atoms with E-state index in [1.807, 2.05) is 28.8 Å². The highest BCUT2D eigenvalue weighted by molar-refractivity contribution is 5.96. The predicted octanol–water partition coefficient (Wildman–Crippen LogP) is 1.42. The Kier molecular flexibility index (Phi) is 2.56. The Morgan fingerprint density at radius 1 is 1.42 bits per heavy atom. The van der Waals surface area contributed by atoms with Crippen molar-refractivity contribution in [3.05, 3.63) is 36.9 Å². The van der Waals surface area contributed by atoms with Crippen molar-refractivity contribution in [2.75, 3.05) is 5.06 Å². The molecule has 0 aliphatic carbocycles. The number of hydrogen-bond donors (Lipinski definition) is 0. The quantitative estimate of drug-likeness (QED) is 0.763. The van der Waals surface area contributed by atoms with E-state index >= 15 is 0 Å². The number of aromatic nitrogens is 2. The van der Waals surface area contributed by atoms with Crippen molar-refractivity contribution in [3.8, 4) is 0 Å². The highest BCUT2D eigenvalue weighted by Crippen LogP contribution is 2.27. The highest BCUT2D eigenvalue weighted by atomic mass is 16.7. The second kappa shape index (κ2) is 4.24. The molecule has 0 fully saturated rings. The lowest BCUT2D eigenvalue weighted by molar-refractivity contribution is -0.146. The van der Waals surface area contributed by atoms with Gasteiger partial charge in [-0.25, -0.2) is 9.78 Å². The molecular weight excluding hydrogens is 246 g/mol. The van der Waals surface area contributed by atoms with E-state index in [-0.39, 0.29) is 12.3 Å². The molecule has 1 amide bonds. The van der Waals surface area contributed by atoms with E-state index in [1.165, 1.54) is 0 Å². The van der Waals surface area contributed by atoms with Gasteiger partial charge >= 0.3 is 5.97 Å². The van der Waals surface area contributed by atoms with Gasteiger partial charge in [0.15, 0.2) is 0 Å². The second-order valence-corrected chi connectivity index (χ2v) is 4.10. The first-order valence-corrected chi connectivity index (χ1v) is 5.83. The molecule has 0 unspecified atom stereocenters. The summed E-state index contributed by atoms with van der Waals surface area (Å²) in [6.45, 7) is 3.83. The first kappa shape index (κ1) is 11.5.